The number of hydrogen-bond acceptors (Lipinski definition) is 4. The van der Waals surface area contributed by atoms with E-state index in [0.717, 1.165) is 25.8 Å². The molecule has 0 spiro atoms. The van der Waals surface area contributed by atoms with Gasteiger partial charge in [-0.15, -0.1) is 0 Å². The topological polar surface area (TPSA) is 49.5 Å². The Morgan fingerprint density at radius 2 is 2.19 bits per heavy atom. The monoisotopic (exact) mass is 292 g/mol. The number of aromatic nitrogens is 1. The second-order valence-electron chi connectivity index (χ2n) is 6.03. The number of hydrogen-bond donors (Lipinski definition) is 1. The molecule has 1 aliphatic carbocycles. The molecule has 1 aliphatic rings. The van der Waals surface area contributed by atoms with Gasteiger partial charge in [-0.25, -0.2) is 9.37 Å². The van der Waals surface area contributed by atoms with Gasteiger partial charge in [0.15, 0.2) is 5.58 Å². The lowest BCUT2D eigenvalue weighted by Gasteiger charge is -2.30. The minimum absolute atomic E-state index is 0.195. The molecule has 2 atom stereocenters. The first kappa shape index (κ1) is 14.5. The summed E-state index contributed by atoms with van der Waals surface area (Å²) in [5.41, 5.74) is 1.16. The molecule has 2 aromatic rings. The van der Waals surface area contributed by atoms with Gasteiger partial charge in [0.25, 0.3) is 0 Å². The summed E-state index contributed by atoms with van der Waals surface area (Å²) in [6.45, 7) is 1.40. The highest BCUT2D eigenvalue weighted by molar-refractivity contribution is 5.72. The number of fused-ring (bicyclic) bond motifs is 1. The second-order valence-corrected chi connectivity index (χ2v) is 6.03. The van der Waals surface area contributed by atoms with E-state index < -0.39 is 0 Å². The predicted octanol–water partition coefficient (Wildman–Crippen LogP) is 2.95. The average molecular weight is 292 g/mol. The van der Waals surface area contributed by atoms with Crippen LogP contribution in [0, 0.1) is 11.7 Å². The van der Waals surface area contributed by atoms with Crippen LogP contribution < -0.4 is 0 Å². The minimum Gasteiger partial charge on any atom is -0.439 e. The summed E-state index contributed by atoms with van der Waals surface area (Å²) >= 11 is 0. The van der Waals surface area contributed by atoms with Gasteiger partial charge in [-0.05, 0) is 37.9 Å². The largest absolute Gasteiger partial charge is 0.439 e. The molecule has 0 aliphatic heterocycles. The third-order valence-electron chi connectivity index (χ3n) is 4.22. The molecular weight excluding hydrogens is 271 g/mol. The molecular formula is C16H21FN2O2. The van der Waals surface area contributed by atoms with Gasteiger partial charge in [-0.1, -0.05) is 12.8 Å². The van der Waals surface area contributed by atoms with E-state index in [4.69, 9.17) is 4.42 Å². The Hall–Kier alpha value is -1.46. The normalized spacial score (nSPS) is 23.0. The highest BCUT2D eigenvalue weighted by Gasteiger charge is 2.24. The maximum Gasteiger partial charge on any atom is 0.209 e. The van der Waals surface area contributed by atoms with E-state index in [1.165, 1.54) is 18.6 Å². The summed E-state index contributed by atoms with van der Waals surface area (Å²) in [6, 6.07) is 4.37. The number of rotatable bonds is 4. The first-order chi connectivity index (χ1) is 10.1. The zero-order chi connectivity index (χ0) is 14.8. The van der Waals surface area contributed by atoms with E-state index >= 15 is 0 Å². The Morgan fingerprint density at radius 1 is 1.38 bits per heavy atom. The SMILES string of the molecule is CN(Cc1nc2ccc(F)cc2o1)CC1CCCCC1O. The second kappa shape index (κ2) is 6.12. The number of nitrogens with zero attached hydrogens (tertiary/aromatic N) is 2. The van der Waals surface area contributed by atoms with Crippen molar-refractivity contribution >= 4 is 11.1 Å². The molecule has 2 unspecified atom stereocenters. The van der Waals surface area contributed by atoms with Gasteiger partial charge in [-0.2, -0.15) is 0 Å². The minimum atomic E-state index is -0.316. The first-order valence-corrected chi connectivity index (χ1v) is 7.53. The van der Waals surface area contributed by atoms with Crippen LogP contribution in [0.1, 0.15) is 31.6 Å². The lowest BCUT2D eigenvalue weighted by atomic mass is 9.86. The predicted molar refractivity (Wildman–Crippen MR) is 78.3 cm³/mol. The zero-order valence-corrected chi connectivity index (χ0v) is 12.3. The smallest absolute Gasteiger partial charge is 0.209 e. The molecule has 0 radical (unpaired) electrons. The number of benzene rings is 1. The van der Waals surface area contributed by atoms with Crippen molar-refractivity contribution in [3.8, 4) is 0 Å². The molecule has 21 heavy (non-hydrogen) atoms. The van der Waals surface area contributed by atoms with Crippen molar-refractivity contribution in [2.45, 2.75) is 38.3 Å². The van der Waals surface area contributed by atoms with Crippen LogP contribution in [0.25, 0.3) is 11.1 Å². The Labute approximate surface area is 123 Å². The fourth-order valence-electron chi connectivity index (χ4n) is 3.11. The maximum absolute atomic E-state index is 13.1. The van der Waals surface area contributed by atoms with Crippen LogP contribution in [0.2, 0.25) is 0 Å². The third-order valence-corrected chi connectivity index (χ3v) is 4.22. The molecule has 1 saturated carbocycles. The molecule has 1 fully saturated rings. The number of aliphatic hydroxyl groups excluding tert-OH is 1. The van der Waals surface area contributed by atoms with Crippen LogP contribution in [-0.2, 0) is 6.54 Å². The summed E-state index contributed by atoms with van der Waals surface area (Å²) in [5, 5.41) is 10.0. The lowest BCUT2D eigenvalue weighted by molar-refractivity contribution is 0.0488. The summed E-state index contributed by atoms with van der Waals surface area (Å²) in [5.74, 6) is 0.595. The lowest BCUT2D eigenvalue weighted by Crippen LogP contribution is -2.34. The van der Waals surface area contributed by atoms with E-state index in [1.807, 2.05) is 7.05 Å². The first-order valence-electron chi connectivity index (χ1n) is 7.53. The highest BCUT2D eigenvalue weighted by atomic mass is 19.1. The molecule has 0 saturated heterocycles. The molecule has 1 heterocycles. The summed E-state index contributed by atoms with van der Waals surface area (Å²) in [7, 11) is 2.00. The average Bonchev–Trinajstić information content (AvgIpc) is 2.82. The van der Waals surface area contributed by atoms with Crippen molar-refractivity contribution in [1.82, 2.24) is 9.88 Å². The van der Waals surface area contributed by atoms with Crippen LogP contribution in [0.15, 0.2) is 22.6 Å². The summed E-state index contributed by atoms with van der Waals surface area (Å²) in [4.78, 5) is 6.48. The van der Waals surface area contributed by atoms with Gasteiger partial charge in [0.1, 0.15) is 11.3 Å². The number of oxazole rings is 1. The standard InChI is InChI=1S/C16H21FN2O2/c1-19(9-11-4-2-3-5-14(11)20)10-16-18-13-7-6-12(17)8-15(13)21-16/h6-8,11,14,20H,2-5,9-10H2,1H3. The van der Waals surface area contributed by atoms with Crippen LogP contribution in [0.5, 0.6) is 0 Å². The van der Waals surface area contributed by atoms with Crippen LogP contribution in [0.3, 0.4) is 0 Å². The Kier molecular flexibility index (Phi) is 4.22. The van der Waals surface area contributed by atoms with Crippen molar-refractivity contribution in [2.75, 3.05) is 13.6 Å². The van der Waals surface area contributed by atoms with Gasteiger partial charge in [0, 0.05) is 12.6 Å². The maximum atomic E-state index is 13.1. The van der Waals surface area contributed by atoms with Gasteiger partial charge in [0.05, 0.1) is 12.6 Å². The van der Waals surface area contributed by atoms with E-state index in [0.29, 0.717) is 29.5 Å². The van der Waals surface area contributed by atoms with Gasteiger partial charge in [-0.3, -0.25) is 4.90 Å². The molecule has 1 N–H and O–H groups in total. The van der Waals surface area contributed by atoms with E-state index in [1.54, 1.807) is 6.07 Å². The molecule has 4 nitrogen and oxygen atoms in total. The fraction of sp³-hybridized carbons (Fsp3) is 0.562. The zero-order valence-electron chi connectivity index (χ0n) is 12.3. The Morgan fingerprint density at radius 3 is 3.00 bits per heavy atom. The van der Waals surface area contributed by atoms with Gasteiger partial charge in [0.2, 0.25) is 5.89 Å². The van der Waals surface area contributed by atoms with Crippen molar-refractivity contribution in [1.29, 1.82) is 0 Å². The van der Waals surface area contributed by atoms with Crippen LogP contribution in [-0.4, -0.2) is 34.7 Å². The van der Waals surface area contributed by atoms with E-state index in [9.17, 15) is 9.50 Å². The molecule has 3 rings (SSSR count). The van der Waals surface area contributed by atoms with Crippen LogP contribution >= 0.6 is 0 Å². The van der Waals surface area contributed by atoms with Crippen LogP contribution in [0.4, 0.5) is 4.39 Å². The van der Waals surface area contributed by atoms with E-state index in [-0.39, 0.29) is 11.9 Å². The summed E-state index contributed by atoms with van der Waals surface area (Å²) in [6.07, 6.45) is 4.10. The van der Waals surface area contributed by atoms with E-state index in [2.05, 4.69) is 9.88 Å². The molecule has 0 bridgehead atoms. The molecule has 1 aromatic carbocycles. The fourth-order valence-corrected chi connectivity index (χ4v) is 3.11. The molecule has 0 amide bonds. The number of halogens is 1. The summed E-state index contributed by atoms with van der Waals surface area (Å²) < 4.78 is 18.7. The Balaban J connectivity index is 1.64. The molecule has 114 valence electrons. The molecule has 1 aromatic heterocycles. The van der Waals surface area contributed by atoms with Gasteiger partial charge < -0.3 is 9.52 Å². The van der Waals surface area contributed by atoms with Gasteiger partial charge >= 0.3 is 0 Å². The Bertz CT molecular complexity index is 613. The van der Waals surface area contributed by atoms with Crippen molar-refractivity contribution < 1.29 is 13.9 Å². The quantitative estimate of drug-likeness (QED) is 0.941. The van der Waals surface area contributed by atoms with Crippen molar-refractivity contribution in [2.24, 2.45) is 5.92 Å². The highest BCUT2D eigenvalue weighted by Crippen LogP contribution is 2.25. The third kappa shape index (κ3) is 3.41. The number of aliphatic hydroxyl groups is 1. The van der Waals surface area contributed by atoms with Crippen molar-refractivity contribution in [3.63, 3.8) is 0 Å². The molecule has 5 heteroatoms. The van der Waals surface area contributed by atoms with Crippen molar-refractivity contribution in [3.05, 3.63) is 29.9 Å².